The van der Waals surface area contributed by atoms with Gasteiger partial charge in [-0.15, -0.1) is 12.3 Å². The molecule has 0 heterocycles. The molecule has 2 N–H and O–H groups in total. The van der Waals surface area contributed by atoms with Crippen LogP contribution < -0.4 is 5.73 Å². The molecule has 0 aliphatic heterocycles. The van der Waals surface area contributed by atoms with E-state index in [1.807, 2.05) is 0 Å². The second kappa shape index (κ2) is 3.43. The summed E-state index contributed by atoms with van der Waals surface area (Å²) in [5.41, 5.74) is 7.08. The molecule has 54 valence electrons. The van der Waals surface area contributed by atoms with E-state index in [9.17, 15) is 0 Å². The van der Waals surface area contributed by atoms with Gasteiger partial charge in [-0.05, 0) is 19.3 Å². The number of allylic oxidation sites excluding steroid dienone is 1. The smallest absolute Gasteiger partial charge is 0.0121 e. The van der Waals surface area contributed by atoms with Gasteiger partial charge in [0.25, 0.3) is 0 Å². The third-order valence-electron chi connectivity index (χ3n) is 1.77. The lowest BCUT2D eigenvalue weighted by Gasteiger charge is -2.25. The molecule has 0 atom stereocenters. The van der Waals surface area contributed by atoms with Gasteiger partial charge in [0, 0.05) is 12.5 Å². The number of hydrogen-bond acceptors (Lipinski definition) is 1. The molecular formula is C9H13N. The maximum absolute atomic E-state index is 5.59. The van der Waals surface area contributed by atoms with Crippen LogP contribution in [-0.2, 0) is 0 Å². The van der Waals surface area contributed by atoms with Crippen LogP contribution >= 0.6 is 0 Å². The van der Waals surface area contributed by atoms with Gasteiger partial charge in [0.05, 0.1) is 0 Å². The molecule has 0 bridgehead atoms. The normalized spacial score (nSPS) is 23.2. The van der Waals surface area contributed by atoms with E-state index >= 15 is 0 Å². The first-order valence-corrected chi connectivity index (χ1v) is 3.70. The summed E-state index contributed by atoms with van der Waals surface area (Å²) in [6, 6.07) is 0.428. The Kier molecular flexibility index (Phi) is 2.53. The first-order valence-electron chi connectivity index (χ1n) is 3.70. The minimum atomic E-state index is 0.428. The maximum Gasteiger partial charge on any atom is 0.0121 e. The SMILES string of the molecule is C#CCCC=C1CC(N)C1. The Morgan fingerprint density at radius 2 is 2.40 bits per heavy atom. The first kappa shape index (κ1) is 7.37. The molecule has 0 aromatic heterocycles. The van der Waals surface area contributed by atoms with E-state index in [1.165, 1.54) is 5.57 Å². The Morgan fingerprint density at radius 1 is 1.70 bits per heavy atom. The van der Waals surface area contributed by atoms with Gasteiger partial charge in [0.1, 0.15) is 0 Å². The summed E-state index contributed by atoms with van der Waals surface area (Å²) in [5.74, 6) is 2.61. The lowest BCUT2D eigenvalue weighted by Crippen LogP contribution is -2.30. The van der Waals surface area contributed by atoms with E-state index in [4.69, 9.17) is 12.2 Å². The van der Waals surface area contributed by atoms with Crippen molar-refractivity contribution < 1.29 is 0 Å². The molecule has 1 fully saturated rings. The van der Waals surface area contributed by atoms with Gasteiger partial charge in [-0.2, -0.15) is 0 Å². The summed E-state index contributed by atoms with van der Waals surface area (Å²) in [6.45, 7) is 0. The van der Waals surface area contributed by atoms with Gasteiger partial charge in [-0.25, -0.2) is 0 Å². The van der Waals surface area contributed by atoms with Crippen LogP contribution in [0.15, 0.2) is 11.6 Å². The first-order chi connectivity index (χ1) is 4.83. The predicted octanol–water partition coefficient (Wildman–Crippen LogP) is 1.45. The van der Waals surface area contributed by atoms with E-state index in [0.29, 0.717) is 6.04 Å². The van der Waals surface area contributed by atoms with Gasteiger partial charge >= 0.3 is 0 Å². The molecule has 0 amide bonds. The largest absolute Gasteiger partial charge is 0.327 e. The molecule has 1 nitrogen and oxygen atoms in total. The topological polar surface area (TPSA) is 26.0 Å². The van der Waals surface area contributed by atoms with E-state index in [-0.39, 0.29) is 0 Å². The molecule has 0 saturated heterocycles. The highest BCUT2D eigenvalue weighted by atomic mass is 14.7. The van der Waals surface area contributed by atoms with E-state index < -0.39 is 0 Å². The summed E-state index contributed by atoms with van der Waals surface area (Å²) < 4.78 is 0. The highest BCUT2D eigenvalue weighted by molar-refractivity contribution is 5.15. The Morgan fingerprint density at radius 3 is 2.90 bits per heavy atom. The zero-order valence-corrected chi connectivity index (χ0v) is 6.14. The van der Waals surface area contributed by atoms with Crippen molar-refractivity contribution in [3.05, 3.63) is 11.6 Å². The Balaban J connectivity index is 2.12. The molecule has 10 heavy (non-hydrogen) atoms. The molecule has 0 spiro atoms. The van der Waals surface area contributed by atoms with Crippen LogP contribution in [0, 0.1) is 12.3 Å². The Hall–Kier alpha value is -0.740. The number of terminal acetylenes is 1. The Bertz CT molecular complexity index is 166. The van der Waals surface area contributed by atoms with Crippen molar-refractivity contribution in [1.82, 2.24) is 0 Å². The zero-order chi connectivity index (χ0) is 7.40. The lowest BCUT2D eigenvalue weighted by atomic mass is 9.86. The summed E-state index contributed by atoms with van der Waals surface area (Å²) in [7, 11) is 0. The molecule has 1 heteroatoms. The zero-order valence-electron chi connectivity index (χ0n) is 6.14. The predicted molar refractivity (Wildman–Crippen MR) is 43.4 cm³/mol. The van der Waals surface area contributed by atoms with Crippen LogP contribution in [0.2, 0.25) is 0 Å². The van der Waals surface area contributed by atoms with Crippen LogP contribution in [0.1, 0.15) is 25.7 Å². The number of unbranched alkanes of at least 4 members (excludes halogenated alkanes) is 1. The molecule has 0 aromatic carbocycles. The van der Waals surface area contributed by atoms with Crippen molar-refractivity contribution in [2.75, 3.05) is 0 Å². The van der Waals surface area contributed by atoms with Crippen LogP contribution in [0.25, 0.3) is 0 Å². The second-order valence-corrected chi connectivity index (χ2v) is 2.77. The van der Waals surface area contributed by atoms with Crippen molar-refractivity contribution in [1.29, 1.82) is 0 Å². The summed E-state index contributed by atoms with van der Waals surface area (Å²) in [6.07, 6.45) is 11.4. The molecular weight excluding hydrogens is 122 g/mol. The molecule has 0 aromatic rings. The monoisotopic (exact) mass is 135 g/mol. The van der Waals surface area contributed by atoms with Crippen molar-refractivity contribution in [3.63, 3.8) is 0 Å². The molecule has 1 saturated carbocycles. The highest BCUT2D eigenvalue weighted by Gasteiger charge is 2.17. The van der Waals surface area contributed by atoms with E-state index in [0.717, 1.165) is 25.7 Å². The fraction of sp³-hybridized carbons (Fsp3) is 0.556. The molecule has 0 radical (unpaired) electrons. The van der Waals surface area contributed by atoms with Crippen molar-refractivity contribution in [2.45, 2.75) is 31.7 Å². The molecule has 1 rings (SSSR count). The quantitative estimate of drug-likeness (QED) is 0.346. The van der Waals surface area contributed by atoms with Gasteiger partial charge in [-0.3, -0.25) is 0 Å². The minimum Gasteiger partial charge on any atom is -0.327 e. The van der Waals surface area contributed by atoms with Crippen LogP contribution in [0.3, 0.4) is 0 Å². The van der Waals surface area contributed by atoms with Gasteiger partial charge in [-0.1, -0.05) is 11.6 Å². The molecule has 1 aliphatic rings. The minimum absolute atomic E-state index is 0.428. The highest BCUT2D eigenvalue weighted by Crippen LogP contribution is 2.24. The second-order valence-electron chi connectivity index (χ2n) is 2.77. The summed E-state index contributed by atoms with van der Waals surface area (Å²) >= 11 is 0. The number of rotatable bonds is 2. The van der Waals surface area contributed by atoms with Crippen molar-refractivity contribution in [2.24, 2.45) is 5.73 Å². The van der Waals surface area contributed by atoms with Crippen LogP contribution in [0.5, 0.6) is 0 Å². The standard InChI is InChI=1S/C9H13N/c1-2-3-4-5-8-6-9(10)7-8/h1,5,9H,3-4,6-7,10H2. The fourth-order valence-electron chi connectivity index (χ4n) is 1.14. The fourth-order valence-corrected chi connectivity index (χ4v) is 1.14. The van der Waals surface area contributed by atoms with Crippen LogP contribution in [0.4, 0.5) is 0 Å². The van der Waals surface area contributed by atoms with Crippen LogP contribution in [-0.4, -0.2) is 6.04 Å². The number of nitrogens with two attached hydrogens (primary N) is 1. The summed E-state index contributed by atoms with van der Waals surface area (Å²) in [4.78, 5) is 0. The van der Waals surface area contributed by atoms with E-state index in [1.54, 1.807) is 0 Å². The third-order valence-corrected chi connectivity index (χ3v) is 1.77. The third kappa shape index (κ3) is 1.89. The average molecular weight is 135 g/mol. The average Bonchev–Trinajstić information content (AvgIpc) is 1.85. The van der Waals surface area contributed by atoms with Gasteiger partial charge in [0.2, 0.25) is 0 Å². The van der Waals surface area contributed by atoms with E-state index in [2.05, 4.69) is 12.0 Å². The van der Waals surface area contributed by atoms with Crippen molar-refractivity contribution in [3.8, 4) is 12.3 Å². The maximum atomic E-state index is 5.59. The molecule has 0 unspecified atom stereocenters. The number of hydrogen-bond donors (Lipinski definition) is 1. The lowest BCUT2D eigenvalue weighted by molar-refractivity contribution is 0.539. The Labute approximate surface area is 62.3 Å². The summed E-state index contributed by atoms with van der Waals surface area (Å²) in [5, 5.41) is 0. The van der Waals surface area contributed by atoms with Crippen molar-refractivity contribution >= 4 is 0 Å². The van der Waals surface area contributed by atoms with Gasteiger partial charge in [0.15, 0.2) is 0 Å². The van der Waals surface area contributed by atoms with Gasteiger partial charge < -0.3 is 5.73 Å². The molecule has 1 aliphatic carbocycles.